The number of rotatable bonds is 3. The van der Waals surface area contributed by atoms with Gasteiger partial charge in [0.05, 0.1) is 10.9 Å². The first-order valence-corrected chi connectivity index (χ1v) is 7.39. The van der Waals surface area contributed by atoms with E-state index in [0.717, 1.165) is 36.4 Å². The summed E-state index contributed by atoms with van der Waals surface area (Å²) in [5.74, 6) is -0.595. The number of aromatic nitrogens is 1. The van der Waals surface area contributed by atoms with Crippen molar-refractivity contribution < 1.29 is 9.90 Å². The number of hydrogen-bond donors (Lipinski definition) is 1. The molecule has 1 N–H and O–H groups in total. The van der Waals surface area contributed by atoms with Crippen LogP contribution in [0, 0.1) is 24.2 Å². The second-order valence-corrected chi connectivity index (χ2v) is 7.14. The van der Waals surface area contributed by atoms with Crippen molar-refractivity contribution in [3.05, 3.63) is 16.1 Å². The van der Waals surface area contributed by atoms with E-state index in [0.29, 0.717) is 0 Å². The summed E-state index contributed by atoms with van der Waals surface area (Å²) in [4.78, 5) is 15.8. The largest absolute Gasteiger partial charge is 0.481 e. The smallest absolute Gasteiger partial charge is 0.306 e. The molecule has 1 saturated carbocycles. The normalized spacial score (nSPS) is 27.1. The van der Waals surface area contributed by atoms with Crippen LogP contribution < -0.4 is 0 Å². The summed E-state index contributed by atoms with van der Waals surface area (Å²) >= 11 is 1.65. The van der Waals surface area contributed by atoms with Gasteiger partial charge in [-0.25, -0.2) is 4.98 Å². The molecule has 100 valence electrons. The Labute approximate surface area is 112 Å². The molecule has 0 spiro atoms. The van der Waals surface area contributed by atoms with Crippen LogP contribution in [0.2, 0.25) is 0 Å². The molecule has 0 saturated heterocycles. The molecule has 1 aliphatic carbocycles. The Morgan fingerprint density at radius 1 is 1.61 bits per heavy atom. The average molecular weight is 267 g/mol. The highest BCUT2D eigenvalue weighted by atomic mass is 32.1. The van der Waals surface area contributed by atoms with Crippen LogP contribution in [0.15, 0.2) is 5.38 Å². The molecular formula is C14H21NO2S. The predicted molar refractivity (Wildman–Crippen MR) is 72.8 cm³/mol. The summed E-state index contributed by atoms with van der Waals surface area (Å²) in [6, 6.07) is 0. The maximum Gasteiger partial charge on any atom is 0.306 e. The van der Waals surface area contributed by atoms with Crippen molar-refractivity contribution in [1.29, 1.82) is 0 Å². The first-order chi connectivity index (χ1) is 8.37. The SMILES string of the molecule is Cc1csc(CC2CC(C)(C)CCC2C(=O)O)n1. The van der Waals surface area contributed by atoms with Gasteiger partial charge in [-0.15, -0.1) is 11.3 Å². The molecule has 1 aromatic heterocycles. The first kappa shape index (κ1) is 13.5. The fourth-order valence-electron chi connectivity index (χ4n) is 3.00. The molecule has 0 aliphatic heterocycles. The van der Waals surface area contributed by atoms with Gasteiger partial charge in [0.15, 0.2) is 0 Å². The number of carboxylic acids is 1. The lowest BCUT2D eigenvalue weighted by Gasteiger charge is -2.38. The van der Waals surface area contributed by atoms with Gasteiger partial charge in [0.25, 0.3) is 0 Å². The van der Waals surface area contributed by atoms with Gasteiger partial charge >= 0.3 is 5.97 Å². The van der Waals surface area contributed by atoms with E-state index in [1.54, 1.807) is 11.3 Å². The lowest BCUT2D eigenvalue weighted by Crippen LogP contribution is -2.35. The summed E-state index contributed by atoms with van der Waals surface area (Å²) in [6.07, 6.45) is 3.62. The van der Waals surface area contributed by atoms with Crippen molar-refractivity contribution in [3.63, 3.8) is 0 Å². The first-order valence-electron chi connectivity index (χ1n) is 6.51. The van der Waals surface area contributed by atoms with Crippen LogP contribution in [0.5, 0.6) is 0 Å². The third-order valence-electron chi connectivity index (χ3n) is 3.94. The van der Waals surface area contributed by atoms with Gasteiger partial charge < -0.3 is 5.11 Å². The Morgan fingerprint density at radius 3 is 2.89 bits per heavy atom. The van der Waals surface area contributed by atoms with Crippen LogP contribution in [-0.4, -0.2) is 16.1 Å². The molecule has 2 rings (SSSR count). The van der Waals surface area contributed by atoms with Crippen LogP contribution in [0.1, 0.15) is 43.8 Å². The van der Waals surface area contributed by atoms with E-state index in [1.807, 2.05) is 12.3 Å². The highest BCUT2D eigenvalue weighted by Crippen LogP contribution is 2.43. The standard InChI is InChI=1S/C14H21NO2S/c1-9-8-18-12(15-9)6-10-7-14(2,3)5-4-11(10)13(16)17/h8,10-11H,4-7H2,1-3H3,(H,16,17). The van der Waals surface area contributed by atoms with Gasteiger partial charge in [-0.2, -0.15) is 0 Å². The Bertz CT molecular complexity index is 439. The second kappa shape index (κ2) is 5.00. The van der Waals surface area contributed by atoms with Crippen molar-refractivity contribution in [3.8, 4) is 0 Å². The zero-order valence-corrected chi connectivity index (χ0v) is 12.1. The molecule has 1 aliphatic rings. The van der Waals surface area contributed by atoms with Crippen molar-refractivity contribution in [1.82, 2.24) is 4.98 Å². The average Bonchev–Trinajstić information content (AvgIpc) is 2.62. The second-order valence-electron chi connectivity index (χ2n) is 6.20. The predicted octanol–water partition coefficient (Wildman–Crippen LogP) is 3.52. The third kappa shape index (κ3) is 3.10. The van der Waals surface area contributed by atoms with E-state index in [9.17, 15) is 9.90 Å². The number of aliphatic carboxylic acids is 1. The van der Waals surface area contributed by atoms with Crippen LogP contribution >= 0.6 is 11.3 Å². The minimum Gasteiger partial charge on any atom is -0.481 e. The maximum atomic E-state index is 11.4. The molecule has 3 nitrogen and oxygen atoms in total. The summed E-state index contributed by atoms with van der Waals surface area (Å²) in [5, 5.41) is 12.5. The minimum absolute atomic E-state index is 0.192. The summed E-state index contributed by atoms with van der Waals surface area (Å²) in [7, 11) is 0. The van der Waals surface area contributed by atoms with E-state index >= 15 is 0 Å². The zero-order chi connectivity index (χ0) is 13.3. The van der Waals surface area contributed by atoms with E-state index in [1.165, 1.54) is 0 Å². The van der Waals surface area contributed by atoms with Gasteiger partial charge in [0, 0.05) is 17.5 Å². The molecule has 2 atom stereocenters. The van der Waals surface area contributed by atoms with Crippen LogP contribution in [0.4, 0.5) is 0 Å². The number of carbonyl (C=O) groups is 1. The van der Waals surface area contributed by atoms with E-state index in [2.05, 4.69) is 18.8 Å². The lowest BCUT2D eigenvalue weighted by atomic mass is 9.66. The van der Waals surface area contributed by atoms with Gasteiger partial charge in [-0.3, -0.25) is 4.79 Å². The molecule has 0 aromatic carbocycles. The summed E-state index contributed by atoms with van der Waals surface area (Å²) in [5.41, 5.74) is 1.31. The minimum atomic E-state index is -0.635. The third-order valence-corrected chi connectivity index (χ3v) is 4.93. The van der Waals surface area contributed by atoms with Gasteiger partial charge in [-0.05, 0) is 37.5 Å². The van der Waals surface area contributed by atoms with Crippen molar-refractivity contribution in [2.45, 2.75) is 46.5 Å². The topological polar surface area (TPSA) is 50.2 Å². The van der Waals surface area contributed by atoms with Crippen molar-refractivity contribution in [2.24, 2.45) is 17.3 Å². The highest BCUT2D eigenvalue weighted by Gasteiger charge is 2.38. The molecule has 0 amide bonds. The van der Waals surface area contributed by atoms with Gasteiger partial charge in [0.1, 0.15) is 0 Å². The molecule has 0 bridgehead atoms. The zero-order valence-electron chi connectivity index (χ0n) is 11.3. The maximum absolute atomic E-state index is 11.4. The van der Waals surface area contributed by atoms with Gasteiger partial charge in [0.2, 0.25) is 0 Å². The molecule has 0 radical (unpaired) electrons. The number of thiazole rings is 1. The fraction of sp³-hybridized carbons (Fsp3) is 0.714. The Balaban J connectivity index is 2.12. The number of aryl methyl sites for hydroxylation is 1. The van der Waals surface area contributed by atoms with E-state index < -0.39 is 5.97 Å². The summed E-state index contributed by atoms with van der Waals surface area (Å²) < 4.78 is 0. The van der Waals surface area contributed by atoms with Crippen LogP contribution in [0.25, 0.3) is 0 Å². The van der Waals surface area contributed by atoms with Gasteiger partial charge in [-0.1, -0.05) is 13.8 Å². The molecule has 1 aromatic rings. The van der Waals surface area contributed by atoms with Crippen molar-refractivity contribution in [2.75, 3.05) is 0 Å². The van der Waals surface area contributed by atoms with Crippen LogP contribution in [0.3, 0.4) is 0 Å². The van der Waals surface area contributed by atoms with Crippen LogP contribution in [-0.2, 0) is 11.2 Å². The quantitative estimate of drug-likeness (QED) is 0.911. The molecule has 2 unspecified atom stereocenters. The van der Waals surface area contributed by atoms with E-state index in [4.69, 9.17) is 0 Å². The summed E-state index contributed by atoms with van der Waals surface area (Å²) in [6.45, 7) is 6.47. The Morgan fingerprint density at radius 2 is 2.33 bits per heavy atom. The fourth-order valence-corrected chi connectivity index (χ4v) is 3.86. The lowest BCUT2D eigenvalue weighted by molar-refractivity contribution is -0.146. The molecule has 18 heavy (non-hydrogen) atoms. The monoisotopic (exact) mass is 267 g/mol. The molecule has 1 fully saturated rings. The molecular weight excluding hydrogens is 246 g/mol. The Hall–Kier alpha value is -0.900. The highest BCUT2D eigenvalue weighted by molar-refractivity contribution is 7.09. The number of hydrogen-bond acceptors (Lipinski definition) is 3. The molecule has 4 heteroatoms. The number of nitrogens with zero attached hydrogens (tertiary/aromatic N) is 1. The van der Waals surface area contributed by atoms with E-state index in [-0.39, 0.29) is 17.3 Å². The molecule has 1 heterocycles. The number of carboxylic acid groups (broad SMARTS) is 1. The Kier molecular flexibility index (Phi) is 3.76. The van der Waals surface area contributed by atoms with Crippen molar-refractivity contribution >= 4 is 17.3 Å².